The Morgan fingerprint density at radius 1 is 0.929 bits per heavy atom. The van der Waals surface area contributed by atoms with E-state index in [0.717, 1.165) is 11.8 Å². The molecule has 0 saturated carbocycles. The lowest BCUT2D eigenvalue weighted by molar-refractivity contribution is 0.0729. The van der Waals surface area contributed by atoms with Gasteiger partial charge in [0.25, 0.3) is 0 Å². The second kappa shape index (κ2) is 8.73. The van der Waals surface area contributed by atoms with Gasteiger partial charge in [0.1, 0.15) is 0 Å². The standard InChI is InChI=1S/C9H22O3SSi/c1-5-10-14(11-6-2,12-7-3)9-8-13-4/h5-9H2,1-4H3. The second-order valence-electron chi connectivity index (χ2n) is 2.72. The zero-order valence-corrected chi connectivity index (χ0v) is 11.5. The van der Waals surface area contributed by atoms with Crippen molar-refractivity contribution in [2.24, 2.45) is 0 Å². The van der Waals surface area contributed by atoms with E-state index in [9.17, 15) is 0 Å². The van der Waals surface area contributed by atoms with Gasteiger partial charge in [0.05, 0.1) is 0 Å². The highest BCUT2D eigenvalue weighted by molar-refractivity contribution is 7.98. The Labute approximate surface area is 92.9 Å². The molecule has 5 heteroatoms. The lowest BCUT2D eigenvalue weighted by atomic mass is 10.9. The highest BCUT2D eigenvalue weighted by atomic mass is 32.2. The van der Waals surface area contributed by atoms with Crippen LogP contribution in [0.15, 0.2) is 0 Å². The summed E-state index contributed by atoms with van der Waals surface area (Å²) in [7, 11) is -2.34. The fourth-order valence-electron chi connectivity index (χ4n) is 1.23. The molecule has 3 nitrogen and oxygen atoms in total. The van der Waals surface area contributed by atoms with E-state index in [0.29, 0.717) is 19.8 Å². The van der Waals surface area contributed by atoms with Crippen molar-refractivity contribution in [2.75, 3.05) is 31.8 Å². The molecule has 0 bridgehead atoms. The molecule has 0 amide bonds. The molecule has 0 aliphatic heterocycles. The van der Waals surface area contributed by atoms with Gasteiger partial charge in [0, 0.05) is 25.9 Å². The van der Waals surface area contributed by atoms with Gasteiger partial charge in [-0.3, -0.25) is 0 Å². The van der Waals surface area contributed by atoms with E-state index in [4.69, 9.17) is 13.3 Å². The minimum Gasteiger partial charge on any atom is -0.374 e. The topological polar surface area (TPSA) is 27.7 Å². The number of thioether (sulfide) groups is 1. The van der Waals surface area contributed by atoms with Crippen LogP contribution in [-0.4, -0.2) is 40.6 Å². The minimum absolute atomic E-state index is 0.667. The van der Waals surface area contributed by atoms with Gasteiger partial charge in [0.2, 0.25) is 0 Å². The van der Waals surface area contributed by atoms with E-state index in [1.54, 1.807) is 11.8 Å². The van der Waals surface area contributed by atoms with Crippen LogP contribution in [0.25, 0.3) is 0 Å². The number of hydrogen-bond acceptors (Lipinski definition) is 4. The Morgan fingerprint density at radius 3 is 1.64 bits per heavy atom. The van der Waals surface area contributed by atoms with Gasteiger partial charge in [-0.25, -0.2) is 0 Å². The summed E-state index contributed by atoms with van der Waals surface area (Å²) in [6.07, 6.45) is 2.09. The van der Waals surface area contributed by atoms with Crippen molar-refractivity contribution in [3.63, 3.8) is 0 Å². The zero-order chi connectivity index (χ0) is 10.9. The third kappa shape index (κ3) is 5.36. The first-order chi connectivity index (χ1) is 6.74. The Bertz CT molecular complexity index is 118. The Hall–Kier alpha value is 0.447. The molecule has 0 N–H and O–H groups in total. The molecule has 0 atom stereocenters. The first kappa shape index (κ1) is 14.4. The molecular formula is C9H22O3SSi. The van der Waals surface area contributed by atoms with Crippen molar-refractivity contribution < 1.29 is 13.3 Å². The lowest BCUT2D eigenvalue weighted by Gasteiger charge is -2.28. The van der Waals surface area contributed by atoms with Crippen LogP contribution in [0.2, 0.25) is 6.04 Å². The van der Waals surface area contributed by atoms with Gasteiger partial charge in [0.15, 0.2) is 0 Å². The highest BCUT2D eigenvalue weighted by Crippen LogP contribution is 2.18. The summed E-state index contributed by atoms with van der Waals surface area (Å²) < 4.78 is 17.1. The number of rotatable bonds is 9. The molecule has 14 heavy (non-hydrogen) atoms. The smallest absolute Gasteiger partial charge is 0.374 e. The van der Waals surface area contributed by atoms with Crippen LogP contribution in [0.5, 0.6) is 0 Å². The SMILES string of the molecule is CCO[Si](CCSC)(OCC)OCC. The van der Waals surface area contributed by atoms with Crippen molar-refractivity contribution >= 4 is 20.6 Å². The van der Waals surface area contributed by atoms with Crippen LogP contribution in [0, 0.1) is 0 Å². The molecule has 0 heterocycles. The van der Waals surface area contributed by atoms with Crippen LogP contribution < -0.4 is 0 Å². The summed E-state index contributed by atoms with van der Waals surface area (Å²) in [5.41, 5.74) is 0. The molecule has 0 aliphatic carbocycles. The molecule has 0 rings (SSSR count). The van der Waals surface area contributed by atoms with Gasteiger partial charge >= 0.3 is 8.80 Å². The Kier molecular flexibility index (Phi) is 9.01. The predicted octanol–water partition coefficient (Wildman–Crippen LogP) is 2.40. The van der Waals surface area contributed by atoms with Crippen LogP contribution in [0.1, 0.15) is 20.8 Å². The van der Waals surface area contributed by atoms with Crippen molar-refractivity contribution in [1.29, 1.82) is 0 Å². The van der Waals surface area contributed by atoms with E-state index in [-0.39, 0.29) is 0 Å². The van der Waals surface area contributed by atoms with Crippen LogP contribution in [-0.2, 0) is 13.3 Å². The van der Waals surface area contributed by atoms with E-state index in [1.807, 2.05) is 20.8 Å². The average molecular weight is 238 g/mol. The van der Waals surface area contributed by atoms with E-state index in [2.05, 4.69) is 6.26 Å². The van der Waals surface area contributed by atoms with Crippen molar-refractivity contribution in [2.45, 2.75) is 26.8 Å². The second-order valence-corrected chi connectivity index (χ2v) is 6.44. The molecule has 0 fully saturated rings. The number of hydrogen-bond donors (Lipinski definition) is 0. The minimum atomic E-state index is -2.34. The first-order valence-electron chi connectivity index (χ1n) is 5.15. The summed E-state index contributed by atoms with van der Waals surface area (Å²) in [6, 6.07) is 0.906. The van der Waals surface area contributed by atoms with Gasteiger partial charge in [-0.05, 0) is 32.8 Å². The summed E-state index contributed by atoms with van der Waals surface area (Å²) in [5.74, 6) is 1.03. The quantitative estimate of drug-likeness (QED) is 0.577. The molecule has 0 radical (unpaired) electrons. The van der Waals surface area contributed by atoms with E-state index in [1.165, 1.54) is 0 Å². The predicted molar refractivity (Wildman–Crippen MR) is 63.8 cm³/mol. The molecule has 0 aliphatic rings. The van der Waals surface area contributed by atoms with Crippen molar-refractivity contribution in [1.82, 2.24) is 0 Å². The molecule has 0 saturated heterocycles. The first-order valence-corrected chi connectivity index (χ1v) is 8.48. The van der Waals surface area contributed by atoms with Gasteiger partial charge in [-0.15, -0.1) is 0 Å². The van der Waals surface area contributed by atoms with Crippen LogP contribution in [0.4, 0.5) is 0 Å². The average Bonchev–Trinajstić information content (AvgIpc) is 2.16. The molecule has 0 aromatic heterocycles. The van der Waals surface area contributed by atoms with Crippen LogP contribution in [0.3, 0.4) is 0 Å². The van der Waals surface area contributed by atoms with E-state index < -0.39 is 8.80 Å². The summed E-state index contributed by atoms with van der Waals surface area (Å²) in [5, 5.41) is 0. The molecular weight excluding hydrogens is 216 g/mol. The zero-order valence-electron chi connectivity index (χ0n) is 9.67. The maximum absolute atomic E-state index is 5.69. The van der Waals surface area contributed by atoms with Gasteiger partial charge in [-0.1, -0.05) is 0 Å². The summed E-state index contributed by atoms with van der Waals surface area (Å²) in [4.78, 5) is 0. The third-order valence-corrected chi connectivity index (χ3v) is 5.73. The van der Waals surface area contributed by atoms with Crippen molar-refractivity contribution in [3.05, 3.63) is 0 Å². The Morgan fingerprint density at radius 2 is 1.36 bits per heavy atom. The largest absolute Gasteiger partial charge is 0.501 e. The fourth-order valence-corrected chi connectivity index (χ4v) is 5.05. The summed E-state index contributed by atoms with van der Waals surface area (Å²) in [6.45, 7) is 7.96. The van der Waals surface area contributed by atoms with Crippen LogP contribution >= 0.6 is 11.8 Å². The van der Waals surface area contributed by atoms with E-state index >= 15 is 0 Å². The molecule has 0 aromatic carbocycles. The molecule has 0 aromatic rings. The molecule has 0 unspecified atom stereocenters. The lowest BCUT2D eigenvalue weighted by Crippen LogP contribution is -2.46. The van der Waals surface area contributed by atoms with Gasteiger partial charge < -0.3 is 13.3 Å². The monoisotopic (exact) mass is 238 g/mol. The normalized spacial score (nSPS) is 12.0. The third-order valence-electron chi connectivity index (χ3n) is 1.71. The van der Waals surface area contributed by atoms with Crippen molar-refractivity contribution in [3.8, 4) is 0 Å². The Balaban J connectivity index is 4.21. The fraction of sp³-hybridized carbons (Fsp3) is 1.00. The maximum Gasteiger partial charge on any atom is 0.501 e. The maximum atomic E-state index is 5.69. The molecule has 86 valence electrons. The van der Waals surface area contributed by atoms with Gasteiger partial charge in [-0.2, -0.15) is 11.8 Å². The molecule has 0 spiro atoms. The summed E-state index contributed by atoms with van der Waals surface area (Å²) >= 11 is 1.80. The highest BCUT2D eigenvalue weighted by Gasteiger charge is 2.39.